The molecule has 0 N–H and O–H groups in total. The maximum absolute atomic E-state index is 11.2. The van der Waals surface area contributed by atoms with Crippen LogP contribution in [0.15, 0.2) is 0 Å². The van der Waals surface area contributed by atoms with Crippen molar-refractivity contribution in [3.63, 3.8) is 0 Å². The number of ketones is 2. The van der Waals surface area contributed by atoms with Crippen molar-refractivity contribution >= 4 is 11.6 Å². The Hall–Kier alpha value is -1.26. The molecule has 0 radical (unpaired) electrons. The van der Waals surface area contributed by atoms with Crippen LogP contribution in [0.5, 0.6) is 0 Å². The fourth-order valence-corrected chi connectivity index (χ4v) is 2.25. The number of carbonyl (C=O) groups is 2. The van der Waals surface area contributed by atoms with E-state index in [2.05, 4.69) is 0 Å². The highest BCUT2D eigenvalue weighted by Crippen LogP contribution is 2.28. The van der Waals surface area contributed by atoms with Crippen LogP contribution in [0.4, 0.5) is 0 Å². The molecule has 0 aliphatic heterocycles. The summed E-state index contributed by atoms with van der Waals surface area (Å²) >= 11 is 0. The first-order valence-electron chi connectivity index (χ1n) is 5.65. The molecule has 1 aliphatic rings. The predicted octanol–water partition coefficient (Wildman–Crippen LogP) is 1.76. The molecule has 5 nitrogen and oxygen atoms in total. The van der Waals surface area contributed by atoms with Crippen LogP contribution >= 0.6 is 0 Å². The molecule has 1 rings (SSSR count). The zero-order valence-electron chi connectivity index (χ0n) is 9.48. The van der Waals surface area contributed by atoms with Crippen LogP contribution in [0.2, 0.25) is 0 Å². The fraction of sp³-hybridized carbons (Fsp3) is 0.818. The third kappa shape index (κ3) is 3.72. The van der Waals surface area contributed by atoms with E-state index in [4.69, 9.17) is 0 Å². The number of carbonyl (C=O) groups excluding carboxylic acids is 2. The summed E-state index contributed by atoms with van der Waals surface area (Å²) in [7, 11) is 0. The lowest BCUT2D eigenvalue weighted by Gasteiger charge is -2.23. The fourth-order valence-electron chi connectivity index (χ4n) is 2.25. The van der Waals surface area contributed by atoms with E-state index in [1.165, 1.54) is 6.92 Å². The van der Waals surface area contributed by atoms with Crippen LogP contribution in [0.25, 0.3) is 0 Å². The smallest absolute Gasteiger partial charge is 0.216 e. The quantitative estimate of drug-likeness (QED) is 0.529. The summed E-state index contributed by atoms with van der Waals surface area (Å²) in [6.45, 7) is 1.43. The Bertz CT molecular complexity index is 300. The van der Waals surface area contributed by atoms with Gasteiger partial charge >= 0.3 is 0 Å². The molecule has 1 fully saturated rings. The van der Waals surface area contributed by atoms with Crippen LogP contribution in [0.3, 0.4) is 0 Å². The molecule has 0 heterocycles. The first-order chi connectivity index (χ1) is 7.50. The Morgan fingerprint density at radius 1 is 1.62 bits per heavy atom. The number of Topliss-reactive ketones (excluding diaryl/α,β-unsaturated/α-hetero) is 2. The van der Waals surface area contributed by atoms with Gasteiger partial charge in [-0.15, -0.1) is 0 Å². The lowest BCUT2D eigenvalue weighted by atomic mass is 9.81. The van der Waals surface area contributed by atoms with Crippen molar-refractivity contribution in [2.24, 2.45) is 5.92 Å². The third-order valence-electron chi connectivity index (χ3n) is 3.13. The minimum Gasteiger partial charge on any atom is -0.300 e. The standard InChI is InChI=1S/C11H17NO4/c1-8(13)5-6-11(12(15)16)9-3-2-4-10(14)7-9/h9,11H,2-7H2,1H3. The molecule has 1 saturated carbocycles. The summed E-state index contributed by atoms with van der Waals surface area (Å²) in [5.74, 6) is -0.0875. The second-order valence-electron chi connectivity index (χ2n) is 4.49. The van der Waals surface area contributed by atoms with Crippen molar-refractivity contribution in [3.05, 3.63) is 10.1 Å². The molecule has 2 atom stereocenters. The molecule has 0 amide bonds. The zero-order valence-corrected chi connectivity index (χ0v) is 9.48. The van der Waals surface area contributed by atoms with Gasteiger partial charge in [-0.25, -0.2) is 0 Å². The first-order valence-corrected chi connectivity index (χ1v) is 5.65. The summed E-state index contributed by atoms with van der Waals surface area (Å²) in [4.78, 5) is 32.7. The number of rotatable bonds is 5. The molecular weight excluding hydrogens is 210 g/mol. The van der Waals surface area contributed by atoms with E-state index in [1.807, 2.05) is 0 Å². The molecule has 1 aliphatic carbocycles. The van der Waals surface area contributed by atoms with Crippen molar-refractivity contribution in [2.75, 3.05) is 0 Å². The van der Waals surface area contributed by atoms with E-state index in [9.17, 15) is 19.7 Å². The first kappa shape index (κ1) is 12.8. The molecule has 2 unspecified atom stereocenters. The SMILES string of the molecule is CC(=O)CCC(C1CCCC(=O)C1)[N+](=O)[O-]. The lowest BCUT2D eigenvalue weighted by molar-refractivity contribution is -0.533. The van der Waals surface area contributed by atoms with Crippen molar-refractivity contribution in [1.82, 2.24) is 0 Å². The monoisotopic (exact) mass is 227 g/mol. The average molecular weight is 227 g/mol. The van der Waals surface area contributed by atoms with E-state index in [1.54, 1.807) is 0 Å². The normalized spacial score (nSPS) is 22.8. The minimum atomic E-state index is -0.729. The summed E-state index contributed by atoms with van der Waals surface area (Å²) in [6.07, 6.45) is 2.83. The highest BCUT2D eigenvalue weighted by Gasteiger charge is 2.34. The molecule has 0 saturated heterocycles. The molecule has 16 heavy (non-hydrogen) atoms. The molecule has 0 bridgehead atoms. The maximum Gasteiger partial charge on any atom is 0.216 e. The molecule has 0 aromatic heterocycles. The Morgan fingerprint density at radius 2 is 2.31 bits per heavy atom. The Kier molecular flexibility index (Phi) is 4.58. The number of nitrogens with zero attached hydrogens (tertiary/aromatic N) is 1. The summed E-state index contributed by atoms with van der Waals surface area (Å²) < 4.78 is 0. The predicted molar refractivity (Wildman–Crippen MR) is 57.7 cm³/mol. The van der Waals surface area contributed by atoms with Crippen molar-refractivity contribution in [1.29, 1.82) is 0 Å². The lowest BCUT2D eigenvalue weighted by Crippen LogP contribution is -2.33. The van der Waals surface area contributed by atoms with Crippen LogP contribution < -0.4 is 0 Å². The maximum atomic E-state index is 11.2. The third-order valence-corrected chi connectivity index (χ3v) is 3.13. The minimum absolute atomic E-state index is 0.0333. The van der Waals surface area contributed by atoms with E-state index >= 15 is 0 Å². The Balaban J connectivity index is 2.58. The van der Waals surface area contributed by atoms with Gasteiger partial charge in [-0.2, -0.15) is 0 Å². The summed E-state index contributed by atoms with van der Waals surface area (Å²) in [5.41, 5.74) is 0. The van der Waals surface area contributed by atoms with Crippen molar-refractivity contribution in [2.45, 2.75) is 51.5 Å². The Labute approximate surface area is 94.4 Å². The molecular formula is C11H17NO4. The zero-order chi connectivity index (χ0) is 12.1. The van der Waals surface area contributed by atoms with E-state index in [0.717, 1.165) is 12.8 Å². The van der Waals surface area contributed by atoms with Gasteiger partial charge in [-0.05, 0) is 19.8 Å². The van der Waals surface area contributed by atoms with Gasteiger partial charge < -0.3 is 4.79 Å². The second kappa shape index (κ2) is 5.72. The van der Waals surface area contributed by atoms with Gasteiger partial charge in [0.1, 0.15) is 11.6 Å². The molecule has 5 heteroatoms. The van der Waals surface area contributed by atoms with E-state index in [0.29, 0.717) is 12.8 Å². The topological polar surface area (TPSA) is 77.3 Å². The number of nitro groups is 1. The molecule has 0 aromatic rings. The Morgan fingerprint density at radius 3 is 2.81 bits per heavy atom. The highest BCUT2D eigenvalue weighted by molar-refractivity contribution is 5.79. The van der Waals surface area contributed by atoms with Crippen LogP contribution in [-0.2, 0) is 9.59 Å². The molecule has 0 aromatic carbocycles. The van der Waals surface area contributed by atoms with Gasteiger partial charge in [0.05, 0.1) is 0 Å². The van der Waals surface area contributed by atoms with E-state index in [-0.39, 0.29) is 35.2 Å². The van der Waals surface area contributed by atoms with Gasteiger partial charge in [0.25, 0.3) is 0 Å². The van der Waals surface area contributed by atoms with Crippen molar-refractivity contribution in [3.8, 4) is 0 Å². The largest absolute Gasteiger partial charge is 0.300 e. The van der Waals surface area contributed by atoms with Crippen LogP contribution in [-0.4, -0.2) is 22.5 Å². The second-order valence-corrected chi connectivity index (χ2v) is 4.49. The molecule has 90 valence electrons. The highest BCUT2D eigenvalue weighted by atomic mass is 16.6. The molecule has 0 spiro atoms. The van der Waals surface area contributed by atoms with Gasteiger partial charge in [0, 0.05) is 36.5 Å². The van der Waals surface area contributed by atoms with Crippen LogP contribution in [0, 0.1) is 16.0 Å². The van der Waals surface area contributed by atoms with Crippen LogP contribution in [0.1, 0.15) is 45.4 Å². The van der Waals surface area contributed by atoms with E-state index < -0.39 is 6.04 Å². The van der Waals surface area contributed by atoms with Gasteiger partial charge in [-0.3, -0.25) is 14.9 Å². The number of hydrogen-bond acceptors (Lipinski definition) is 4. The van der Waals surface area contributed by atoms with Gasteiger partial charge in [-0.1, -0.05) is 0 Å². The summed E-state index contributed by atoms with van der Waals surface area (Å²) in [5, 5.41) is 10.9. The van der Waals surface area contributed by atoms with Crippen molar-refractivity contribution < 1.29 is 14.5 Å². The number of hydrogen-bond donors (Lipinski definition) is 0. The average Bonchev–Trinajstić information content (AvgIpc) is 2.17. The van der Waals surface area contributed by atoms with Gasteiger partial charge in [0.2, 0.25) is 6.04 Å². The van der Waals surface area contributed by atoms with Gasteiger partial charge in [0.15, 0.2) is 0 Å². The summed E-state index contributed by atoms with van der Waals surface area (Å²) in [6, 6.07) is -0.729.